The fourth-order valence-electron chi connectivity index (χ4n) is 5.18. The number of thiazole rings is 1. The van der Waals surface area contributed by atoms with Crippen LogP contribution < -0.4 is 10.6 Å². The fourth-order valence-corrected chi connectivity index (χ4v) is 5.98. The topological polar surface area (TPSA) is 112 Å². The minimum atomic E-state index is -0.799. The van der Waals surface area contributed by atoms with Gasteiger partial charge in [0.25, 0.3) is 0 Å². The molecular formula is C30H42N4O4S. The van der Waals surface area contributed by atoms with Gasteiger partial charge in [0.1, 0.15) is 12.1 Å². The van der Waals surface area contributed by atoms with Gasteiger partial charge >= 0.3 is 0 Å². The van der Waals surface area contributed by atoms with Crippen molar-refractivity contribution in [3.8, 4) is 10.4 Å². The first-order valence-corrected chi connectivity index (χ1v) is 14.6. The van der Waals surface area contributed by atoms with Crippen molar-refractivity contribution in [3.05, 3.63) is 40.5 Å². The van der Waals surface area contributed by atoms with Crippen molar-refractivity contribution in [2.45, 2.75) is 97.9 Å². The first-order valence-electron chi connectivity index (χ1n) is 13.8. The predicted molar refractivity (Wildman–Crippen MR) is 153 cm³/mol. The Morgan fingerprint density at radius 3 is 2.38 bits per heavy atom. The molecule has 2 fully saturated rings. The molecule has 1 aromatic carbocycles. The largest absolute Gasteiger partial charge is 0.391 e. The summed E-state index contributed by atoms with van der Waals surface area (Å²) in [6.07, 6.45) is 1.05. The van der Waals surface area contributed by atoms with Gasteiger partial charge in [-0.1, -0.05) is 53.7 Å². The lowest BCUT2D eigenvalue weighted by Gasteiger charge is -2.35. The van der Waals surface area contributed by atoms with E-state index in [-0.39, 0.29) is 42.0 Å². The summed E-state index contributed by atoms with van der Waals surface area (Å²) in [5, 5.41) is 16.4. The summed E-state index contributed by atoms with van der Waals surface area (Å²) in [6.45, 7) is 14.5. The lowest BCUT2D eigenvalue weighted by molar-refractivity contribution is -0.144. The van der Waals surface area contributed by atoms with Gasteiger partial charge in [-0.2, -0.15) is 0 Å². The van der Waals surface area contributed by atoms with Crippen LogP contribution in [0.15, 0.2) is 23.7 Å². The number of β-amino-alcohol motifs (C(OH)–C–C–N with tert-alkyl or cyclic N) is 1. The Labute approximate surface area is 235 Å². The molecule has 3 unspecified atom stereocenters. The van der Waals surface area contributed by atoms with E-state index in [1.165, 1.54) is 4.90 Å². The predicted octanol–water partition coefficient (Wildman–Crippen LogP) is 3.93. The number of carbonyl (C=O) groups excluding carboxylic acids is 3. The van der Waals surface area contributed by atoms with Gasteiger partial charge in [-0.05, 0) is 53.4 Å². The van der Waals surface area contributed by atoms with Gasteiger partial charge in [-0.15, -0.1) is 11.3 Å². The van der Waals surface area contributed by atoms with Gasteiger partial charge in [0, 0.05) is 25.4 Å². The summed E-state index contributed by atoms with van der Waals surface area (Å²) >= 11 is 1.61. The van der Waals surface area contributed by atoms with E-state index in [1.807, 2.05) is 39.3 Å². The maximum atomic E-state index is 13.7. The molecule has 8 nitrogen and oxygen atoms in total. The number of likely N-dealkylation sites (tertiary alicyclic amines) is 1. The van der Waals surface area contributed by atoms with Gasteiger partial charge in [0.05, 0.1) is 22.2 Å². The molecule has 0 radical (unpaired) electrons. The molecule has 1 aliphatic heterocycles. The molecule has 3 N–H and O–H groups in total. The number of nitrogens with zero attached hydrogens (tertiary/aromatic N) is 2. The summed E-state index contributed by atoms with van der Waals surface area (Å²) in [4.78, 5) is 46.6. The third kappa shape index (κ3) is 6.69. The number of aliphatic hydroxyl groups excluding tert-OH is 1. The van der Waals surface area contributed by atoms with E-state index in [4.69, 9.17) is 0 Å². The van der Waals surface area contributed by atoms with Crippen molar-refractivity contribution in [2.75, 3.05) is 6.54 Å². The Morgan fingerprint density at radius 1 is 1.13 bits per heavy atom. The average Bonchev–Trinajstić information content (AvgIpc) is 3.50. The van der Waals surface area contributed by atoms with Crippen LogP contribution in [0.4, 0.5) is 0 Å². The quantitative estimate of drug-likeness (QED) is 0.480. The van der Waals surface area contributed by atoms with Crippen molar-refractivity contribution in [1.82, 2.24) is 20.5 Å². The third-order valence-electron chi connectivity index (χ3n) is 7.59. The van der Waals surface area contributed by atoms with E-state index < -0.39 is 23.6 Å². The molecule has 0 spiro atoms. The van der Waals surface area contributed by atoms with E-state index in [2.05, 4.69) is 48.5 Å². The second-order valence-electron chi connectivity index (χ2n) is 13.1. The summed E-state index contributed by atoms with van der Waals surface area (Å²) in [5.74, 6) is -0.777. The maximum Gasteiger partial charge on any atom is 0.246 e. The van der Waals surface area contributed by atoms with Crippen LogP contribution in [0.2, 0.25) is 0 Å². The van der Waals surface area contributed by atoms with E-state index in [0.29, 0.717) is 6.54 Å². The number of nitrogens with one attached hydrogen (secondary N) is 2. The van der Waals surface area contributed by atoms with Crippen LogP contribution in [-0.4, -0.2) is 57.4 Å². The number of benzene rings is 1. The highest BCUT2D eigenvalue weighted by Crippen LogP contribution is 2.34. The minimum Gasteiger partial charge on any atom is -0.391 e. The number of amides is 3. The highest BCUT2D eigenvalue weighted by Gasteiger charge is 2.45. The molecule has 3 amide bonds. The first-order chi connectivity index (χ1) is 18.2. The molecule has 212 valence electrons. The minimum absolute atomic E-state index is 0.0330. The summed E-state index contributed by atoms with van der Waals surface area (Å²) in [6, 6.07) is 4.70. The number of rotatable bonds is 7. The molecule has 2 aromatic rings. The molecule has 1 saturated heterocycles. The molecule has 3 atom stereocenters. The molecule has 9 heteroatoms. The second-order valence-corrected chi connectivity index (χ2v) is 13.9. The van der Waals surface area contributed by atoms with Crippen LogP contribution in [0, 0.1) is 18.3 Å². The zero-order valence-electron chi connectivity index (χ0n) is 24.1. The first kappa shape index (κ1) is 29.2. The molecule has 2 aliphatic rings. The highest BCUT2D eigenvalue weighted by molar-refractivity contribution is 7.13. The maximum absolute atomic E-state index is 13.7. The van der Waals surface area contributed by atoms with Gasteiger partial charge < -0.3 is 20.6 Å². The third-order valence-corrected chi connectivity index (χ3v) is 8.57. The van der Waals surface area contributed by atoms with Crippen LogP contribution in [-0.2, 0) is 26.3 Å². The molecule has 1 aliphatic carbocycles. The van der Waals surface area contributed by atoms with E-state index >= 15 is 0 Å². The Morgan fingerprint density at radius 2 is 1.82 bits per heavy atom. The van der Waals surface area contributed by atoms with Crippen molar-refractivity contribution in [1.29, 1.82) is 0 Å². The number of aliphatic hydroxyl groups is 1. The van der Waals surface area contributed by atoms with Crippen LogP contribution in [0.25, 0.3) is 10.4 Å². The molecular weight excluding hydrogens is 512 g/mol. The van der Waals surface area contributed by atoms with Gasteiger partial charge in [0.2, 0.25) is 17.7 Å². The molecule has 2 heterocycles. The number of hydrogen-bond donors (Lipinski definition) is 3. The lowest BCUT2D eigenvalue weighted by Crippen LogP contribution is -2.58. The monoisotopic (exact) mass is 554 g/mol. The van der Waals surface area contributed by atoms with Gasteiger partial charge in [-0.3, -0.25) is 14.4 Å². The molecule has 4 rings (SSSR count). The SMILES string of the molecule is Cc1ncsc1-c1ccc(CNC(=O)C2CC(O)CN2C(=O)C(NC(=O)C2CC2)C(C)(C)C)c(C(C)(C)C)c1. The summed E-state index contributed by atoms with van der Waals surface area (Å²) < 4.78 is 0. The van der Waals surface area contributed by atoms with E-state index in [0.717, 1.165) is 40.1 Å². The van der Waals surface area contributed by atoms with Gasteiger partial charge in [-0.25, -0.2) is 4.98 Å². The lowest BCUT2D eigenvalue weighted by atomic mass is 9.82. The number of aromatic nitrogens is 1. The van der Waals surface area contributed by atoms with Crippen molar-refractivity contribution < 1.29 is 19.5 Å². The van der Waals surface area contributed by atoms with Crippen molar-refractivity contribution in [2.24, 2.45) is 11.3 Å². The van der Waals surface area contributed by atoms with Crippen molar-refractivity contribution in [3.63, 3.8) is 0 Å². The fraction of sp³-hybridized carbons (Fsp3) is 0.600. The molecule has 1 saturated carbocycles. The number of aryl methyl sites for hydroxylation is 1. The molecule has 1 aromatic heterocycles. The number of carbonyl (C=O) groups is 3. The van der Waals surface area contributed by atoms with Crippen LogP contribution in [0.5, 0.6) is 0 Å². The number of hydrogen-bond acceptors (Lipinski definition) is 6. The Balaban J connectivity index is 1.51. The Hall–Kier alpha value is -2.78. The zero-order valence-corrected chi connectivity index (χ0v) is 24.9. The average molecular weight is 555 g/mol. The van der Waals surface area contributed by atoms with E-state index in [1.54, 1.807) is 11.3 Å². The van der Waals surface area contributed by atoms with Crippen LogP contribution >= 0.6 is 11.3 Å². The van der Waals surface area contributed by atoms with Gasteiger partial charge in [0.15, 0.2) is 0 Å². The molecule has 39 heavy (non-hydrogen) atoms. The molecule has 0 bridgehead atoms. The smallest absolute Gasteiger partial charge is 0.246 e. The second kappa shape index (κ2) is 11.0. The van der Waals surface area contributed by atoms with E-state index in [9.17, 15) is 19.5 Å². The van der Waals surface area contributed by atoms with Crippen LogP contribution in [0.1, 0.15) is 77.6 Å². The normalized spacial score (nSPS) is 20.6. The summed E-state index contributed by atoms with van der Waals surface area (Å²) in [7, 11) is 0. The van der Waals surface area contributed by atoms with Crippen molar-refractivity contribution >= 4 is 29.1 Å². The zero-order chi connectivity index (χ0) is 28.7. The Kier molecular flexibility index (Phi) is 8.24. The summed E-state index contributed by atoms with van der Waals surface area (Å²) in [5.41, 5.74) is 5.38. The Bertz CT molecular complexity index is 1240. The highest BCUT2D eigenvalue weighted by atomic mass is 32.1. The standard InChI is InChI=1S/C30H42N4O4S/c1-17-24(39-16-32-17)19-10-11-20(22(12-19)29(2,3)4)14-31-27(37)23-13-21(35)15-34(23)28(38)25(30(5,6)7)33-26(36)18-8-9-18/h10-12,16,18,21,23,25,35H,8-9,13-15H2,1-7H3,(H,31,37)(H,33,36). The van der Waals surface area contributed by atoms with Crippen LogP contribution in [0.3, 0.4) is 0 Å².